The zero-order chi connectivity index (χ0) is 17.3. The van der Waals surface area contributed by atoms with Gasteiger partial charge in [0.15, 0.2) is 11.0 Å². The summed E-state index contributed by atoms with van der Waals surface area (Å²) in [6.07, 6.45) is 0.411. The van der Waals surface area contributed by atoms with E-state index >= 15 is 0 Å². The van der Waals surface area contributed by atoms with Crippen LogP contribution in [-0.2, 0) is 4.74 Å². The summed E-state index contributed by atoms with van der Waals surface area (Å²) >= 11 is 6.30. The van der Waals surface area contributed by atoms with Crippen LogP contribution < -0.4 is 10.2 Å². The summed E-state index contributed by atoms with van der Waals surface area (Å²) < 4.78 is 5.30. The number of alkyl carbamates (subject to hydrolysis) is 1. The van der Waals surface area contributed by atoms with E-state index in [1.54, 1.807) is 0 Å². The summed E-state index contributed by atoms with van der Waals surface area (Å²) in [5.74, 6) is 0.656. The van der Waals surface area contributed by atoms with Crippen molar-refractivity contribution >= 4 is 34.5 Å². The van der Waals surface area contributed by atoms with Crippen LogP contribution in [0.2, 0.25) is 5.15 Å². The van der Waals surface area contributed by atoms with Gasteiger partial charge in [-0.25, -0.2) is 14.8 Å². The van der Waals surface area contributed by atoms with E-state index in [-0.39, 0.29) is 6.04 Å². The lowest BCUT2D eigenvalue weighted by atomic mass is 10.2. The average molecular weight is 349 g/mol. The van der Waals surface area contributed by atoms with E-state index in [1.165, 1.54) is 0 Å². The third-order valence-corrected chi connectivity index (χ3v) is 3.97. The van der Waals surface area contributed by atoms with Gasteiger partial charge in [0.1, 0.15) is 5.60 Å². The maximum Gasteiger partial charge on any atom is 0.407 e. The van der Waals surface area contributed by atoms with Crippen LogP contribution in [0.3, 0.4) is 0 Å². The molecule has 0 aliphatic carbocycles. The molecule has 0 radical (unpaired) electrons. The molecule has 2 heterocycles. The van der Waals surface area contributed by atoms with Gasteiger partial charge in [0.25, 0.3) is 0 Å². The minimum atomic E-state index is -0.504. The molecule has 24 heavy (non-hydrogen) atoms. The number of anilines is 1. The van der Waals surface area contributed by atoms with Gasteiger partial charge in [-0.2, -0.15) is 0 Å². The summed E-state index contributed by atoms with van der Waals surface area (Å²) in [4.78, 5) is 23.0. The molecule has 2 aromatic rings. The first-order valence-electron chi connectivity index (χ1n) is 7.98. The second kappa shape index (κ2) is 6.43. The van der Waals surface area contributed by atoms with Crippen molar-refractivity contribution < 1.29 is 9.53 Å². The van der Waals surface area contributed by atoms with E-state index in [4.69, 9.17) is 16.3 Å². The molecule has 1 atom stereocenters. The van der Waals surface area contributed by atoms with Crippen molar-refractivity contribution in [3.8, 4) is 0 Å². The van der Waals surface area contributed by atoms with Crippen molar-refractivity contribution in [1.29, 1.82) is 0 Å². The largest absolute Gasteiger partial charge is 0.444 e. The molecule has 0 bridgehead atoms. The zero-order valence-electron chi connectivity index (χ0n) is 14.0. The Balaban J connectivity index is 1.69. The number of nitrogens with zero attached hydrogens (tertiary/aromatic N) is 3. The molecule has 1 saturated heterocycles. The normalized spacial score (nSPS) is 18.0. The molecule has 3 rings (SSSR count). The first-order chi connectivity index (χ1) is 11.3. The van der Waals surface area contributed by atoms with Crippen LogP contribution in [0, 0.1) is 0 Å². The Bertz CT molecular complexity index is 760. The predicted octanol–water partition coefficient (Wildman–Crippen LogP) is 3.39. The van der Waals surface area contributed by atoms with E-state index in [9.17, 15) is 4.79 Å². The lowest BCUT2D eigenvalue weighted by Gasteiger charge is -2.22. The fourth-order valence-electron chi connectivity index (χ4n) is 2.72. The number of amides is 1. The van der Waals surface area contributed by atoms with Crippen LogP contribution in [-0.4, -0.2) is 40.8 Å². The molecular weight excluding hydrogens is 328 g/mol. The highest BCUT2D eigenvalue weighted by atomic mass is 35.5. The molecule has 1 aromatic carbocycles. The Kier molecular flexibility index (Phi) is 4.49. The van der Waals surface area contributed by atoms with Crippen LogP contribution >= 0.6 is 11.6 Å². The first kappa shape index (κ1) is 16.8. The molecule has 0 spiro atoms. The van der Waals surface area contributed by atoms with Crippen molar-refractivity contribution in [2.24, 2.45) is 0 Å². The maximum absolute atomic E-state index is 11.9. The van der Waals surface area contributed by atoms with E-state index in [2.05, 4.69) is 15.3 Å². The molecule has 128 valence electrons. The monoisotopic (exact) mass is 348 g/mol. The lowest BCUT2D eigenvalue weighted by molar-refractivity contribution is 0.0509. The minimum absolute atomic E-state index is 0.00388. The molecular formula is C17H21ClN4O2. The highest BCUT2D eigenvalue weighted by Crippen LogP contribution is 2.27. The number of benzene rings is 1. The van der Waals surface area contributed by atoms with Gasteiger partial charge in [-0.3, -0.25) is 0 Å². The Morgan fingerprint density at radius 3 is 2.62 bits per heavy atom. The Morgan fingerprint density at radius 1 is 1.29 bits per heavy atom. The van der Waals surface area contributed by atoms with Gasteiger partial charge in [-0.1, -0.05) is 23.7 Å². The summed E-state index contributed by atoms with van der Waals surface area (Å²) in [5, 5.41) is 3.28. The van der Waals surface area contributed by atoms with Crippen molar-refractivity contribution in [3.05, 3.63) is 29.4 Å². The Morgan fingerprint density at radius 2 is 1.96 bits per heavy atom. The van der Waals surface area contributed by atoms with Crippen LogP contribution in [0.4, 0.5) is 10.6 Å². The lowest BCUT2D eigenvalue weighted by Crippen LogP contribution is -2.40. The molecule has 1 aliphatic heterocycles. The third kappa shape index (κ3) is 3.87. The third-order valence-electron chi connectivity index (χ3n) is 3.72. The number of aromatic nitrogens is 2. The Hall–Kier alpha value is -2.08. The number of rotatable bonds is 2. The number of hydrogen-bond donors (Lipinski definition) is 1. The standard InChI is InChI=1S/C17H21ClN4O2/c1-17(2,3)24-16(23)19-11-8-9-22(10-11)15-14(18)20-12-6-4-5-7-13(12)21-15/h4-7,11H,8-10H2,1-3H3,(H,19,23)/t11-/m1/s1. The van der Waals surface area contributed by atoms with E-state index in [0.29, 0.717) is 17.5 Å². The highest BCUT2D eigenvalue weighted by molar-refractivity contribution is 6.32. The summed E-state index contributed by atoms with van der Waals surface area (Å²) in [7, 11) is 0. The van der Waals surface area contributed by atoms with Crippen LogP contribution in [0.5, 0.6) is 0 Å². The van der Waals surface area contributed by atoms with Gasteiger partial charge in [0.2, 0.25) is 0 Å². The van der Waals surface area contributed by atoms with Crippen molar-refractivity contribution in [2.75, 3.05) is 18.0 Å². The molecule has 1 N–H and O–H groups in total. The van der Waals surface area contributed by atoms with Gasteiger partial charge in [0, 0.05) is 13.1 Å². The summed E-state index contributed by atoms with van der Waals surface area (Å²) in [5.41, 5.74) is 1.07. The molecule has 6 nitrogen and oxygen atoms in total. The number of halogens is 1. The number of para-hydroxylation sites is 2. The van der Waals surface area contributed by atoms with E-state index in [0.717, 1.165) is 24.0 Å². The fraction of sp³-hybridized carbons (Fsp3) is 0.471. The molecule has 1 aromatic heterocycles. The number of nitrogens with one attached hydrogen (secondary N) is 1. The summed E-state index contributed by atoms with van der Waals surface area (Å²) in [6.45, 7) is 6.92. The molecule has 7 heteroatoms. The molecule has 1 fully saturated rings. The maximum atomic E-state index is 11.9. The second-order valence-corrected chi connectivity index (χ2v) is 7.26. The van der Waals surface area contributed by atoms with Gasteiger partial charge in [-0.15, -0.1) is 0 Å². The quantitative estimate of drug-likeness (QED) is 0.901. The summed E-state index contributed by atoms with van der Waals surface area (Å²) in [6, 6.07) is 7.63. The van der Waals surface area contributed by atoms with Crippen LogP contribution in [0.25, 0.3) is 11.0 Å². The Labute approximate surface area is 146 Å². The minimum Gasteiger partial charge on any atom is -0.444 e. The van der Waals surface area contributed by atoms with Gasteiger partial charge in [0.05, 0.1) is 17.1 Å². The fourth-order valence-corrected chi connectivity index (χ4v) is 2.97. The number of carbonyl (C=O) groups excluding carboxylic acids is 1. The van der Waals surface area contributed by atoms with Crippen molar-refractivity contribution in [3.63, 3.8) is 0 Å². The smallest absolute Gasteiger partial charge is 0.407 e. The van der Waals surface area contributed by atoms with Gasteiger partial charge >= 0.3 is 6.09 Å². The number of carbonyl (C=O) groups is 1. The molecule has 0 unspecified atom stereocenters. The van der Waals surface area contributed by atoms with E-state index < -0.39 is 11.7 Å². The second-order valence-electron chi connectivity index (χ2n) is 6.90. The topological polar surface area (TPSA) is 67.3 Å². The molecule has 0 saturated carbocycles. The zero-order valence-corrected chi connectivity index (χ0v) is 14.8. The van der Waals surface area contributed by atoms with Crippen molar-refractivity contribution in [1.82, 2.24) is 15.3 Å². The van der Waals surface area contributed by atoms with Crippen LogP contribution in [0.15, 0.2) is 24.3 Å². The SMILES string of the molecule is CC(C)(C)OC(=O)N[C@@H]1CCN(c2nc3ccccc3nc2Cl)C1. The average Bonchev–Trinajstić information content (AvgIpc) is 2.92. The van der Waals surface area contributed by atoms with Crippen molar-refractivity contribution in [2.45, 2.75) is 38.8 Å². The number of hydrogen-bond acceptors (Lipinski definition) is 5. The highest BCUT2D eigenvalue weighted by Gasteiger charge is 2.28. The molecule has 1 aliphatic rings. The number of fused-ring (bicyclic) bond motifs is 1. The van der Waals surface area contributed by atoms with E-state index in [1.807, 2.05) is 49.9 Å². The first-order valence-corrected chi connectivity index (χ1v) is 8.36. The number of ether oxygens (including phenoxy) is 1. The van der Waals surface area contributed by atoms with Crippen LogP contribution in [0.1, 0.15) is 27.2 Å². The predicted molar refractivity (Wildman–Crippen MR) is 94.5 cm³/mol. The van der Waals surface area contributed by atoms with Gasteiger partial charge in [-0.05, 0) is 39.3 Å². The molecule has 1 amide bonds. The van der Waals surface area contributed by atoms with Gasteiger partial charge < -0.3 is 15.0 Å².